The lowest BCUT2D eigenvalue weighted by Crippen LogP contribution is -2.56. The molecule has 0 radical (unpaired) electrons. The van der Waals surface area contributed by atoms with Crippen molar-refractivity contribution in [2.24, 2.45) is 11.5 Å². The number of fused-ring (bicyclic) bond motifs is 3. The third-order valence-corrected chi connectivity index (χ3v) is 12.1. The molecule has 1 aromatic heterocycles. The minimum Gasteiger partial charge on any atom is -0.350 e. The van der Waals surface area contributed by atoms with Crippen LogP contribution in [0.4, 0.5) is 0 Å². The number of hydrogen-bond acceptors (Lipinski definition) is 8. The highest BCUT2D eigenvalue weighted by Gasteiger charge is 2.35. The molecule has 3 amide bonds. The summed E-state index contributed by atoms with van der Waals surface area (Å²) in [6, 6.07) is 21.7. The highest BCUT2D eigenvalue weighted by atomic mass is 35.5. The number of likely N-dealkylation sites (N-methyl/N-ethyl adjacent to an activating group) is 1. The van der Waals surface area contributed by atoms with Crippen LogP contribution in [0, 0.1) is 0 Å². The van der Waals surface area contributed by atoms with Gasteiger partial charge in [0.2, 0.25) is 17.7 Å². The van der Waals surface area contributed by atoms with Gasteiger partial charge in [-0.05, 0) is 121 Å². The van der Waals surface area contributed by atoms with Crippen LogP contribution in [0.15, 0.2) is 101 Å². The Bertz CT molecular complexity index is 2010. The van der Waals surface area contributed by atoms with Crippen molar-refractivity contribution < 1.29 is 14.4 Å². The maximum absolute atomic E-state index is 14.6. The van der Waals surface area contributed by atoms with Gasteiger partial charge in [-0.3, -0.25) is 19.4 Å². The molecule has 0 saturated heterocycles. The molecule has 2 heterocycles. The van der Waals surface area contributed by atoms with Crippen molar-refractivity contribution in [3.8, 4) is 11.1 Å². The average Bonchev–Trinajstić information content (AvgIpc) is 3.62. The van der Waals surface area contributed by atoms with Crippen LogP contribution >= 0.6 is 23.4 Å². The van der Waals surface area contributed by atoms with Crippen LogP contribution in [-0.4, -0.2) is 65.9 Å². The first-order valence-corrected chi connectivity index (χ1v) is 20.2. The van der Waals surface area contributed by atoms with Crippen molar-refractivity contribution in [2.45, 2.75) is 86.0 Å². The lowest BCUT2D eigenvalue weighted by Gasteiger charge is -2.32. The molecule has 0 bridgehead atoms. The Balaban J connectivity index is 1.43. The van der Waals surface area contributed by atoms with E-state index in [4.69, 9.17) is 23.1 Å². The third kappa shape index (κ3) is 10.0. The van der Waals surface area contributed by atoms with Crippen molar-refractivity contribution in [3.05, 3.63) is 119 Å². The number of nitrogens with one attached hydrogen (secondary N) is 3. The minimum atomic E-state index is -0.864. The number of benzene rings is 3. The van der Waals surface area contributed by atoms with Crippen LogP contribution in [0.25, 0.3) is 16.7 Å². The fraction of sp³-hybridized carbons (Fsp3) is 0.349. The van der Waals surface area contributed by atoms with Crippen LogP contribution in [0.3, 0.4) is 0 Å². The summed E-state index contributed by atoms with van der Waals surface area (Å²) in [5.74, 6) is -0.918. The van der Waals surface area contributed by atoms with Crippen molar-refractivity contribution in [1.82, 2.24) is 25.8 Å². The number of amides is 3. The van der Waals surface area contributed by atoms with Gasteiger partial charge in [-0.2, -0.15) is 0 Å². The van der Waals surface area contributed by atoms with Crippen LogP contribution in [0.1, 0.15) is 60.8 Å². The Labute approximate surface area is 332 Å². The number of carbonyl (C=O) groups excluding carboxylic acids is 3. The summed E-state index contributed by atoms with van der Waals surface area (Å²) >= 11 is 8.65. The summed E-state index contributed by atoms with van der Waals surface area (Å²) in [7, 11) is 1.66. The van der Waals surface area contributed by atoms with Crippen LogP contribution < -0.4 is 27.4 Å². The molecule has 4 aromatic rings. The zero-order chi connectivity index (χ0) is 38.7. The van der Waals surface area contributed by atoms with Crippen molar-refractivity contribution in [1.29, 1.82) is 0 Å². The van der Waals surface area contributed by atoms with Gasteiger partial charge in [-0.15, -0.1) is 0 Å². The van der Waals surface area contributed by atoms with Gasteiger partial charge in [-0.25, -0.2) is 0 Å². The molecule has 3 atom stereocenters. The quantitative estimate of drug-likeness (QED) is 0.126. The number of rotatable bonds is 10. The molecule has 55 heavy (non-hydrogen) atoms. The van der Waals surface area contributed by atoms with E-state index in [9.17, 15) is 14.4 Å². The summed E-state index contributed by atoms with van der Waals surface area (Å²) in [6.07, 6.45) is 9.51. The third-order valence-electron chi connectivity index (χ3n) is 10.3. The standard InChI is InChI=1S/C43H50ClN7O3S/c1-51-38(25-30-16-15-29-9-2-4-11-34(29)30)42(53)49-27-33-23-32(28-17-21-47-22-18-28)24-35(44)40(33)55-39-14-5-3-10-31(39)26-48-36(13-8-20-46)41(52)50-37(43(51)54)12-6-7-19-45/h2-5,9-11,14,16-18,21-24,36-38,48H,6-8,12-13,15,19-20,25-27,45-46H2,1H3,(H,49,53)(H,50,52)/t36-,37-,38-/m0/s1. The lowest BCUT2D eigenvalue weighted by atomic mass is 9.97. The molecule has 0 spiro atoms. The maximum Gasteiger partial charge on any atom is 0.245 e. The average molecular weight is 780 g/mol. The van der Waals surface area contributed by atoms with E-state index in [1.165, 1.54) is 22.2 Å². The molecule has 7 N–H and O–H groups in total. The lowest BCUT2D eigenvalue weighted by molar-refractivity contribution is -0.142. The monoisotopic (exact) mass is 779 g/mol. The number of carbonyl (C=O) groups is 3. The molecule has 1 aliphatic heterocycles. The Morgan fingerprint density at radius 1 is 0.818 bits per heavy atom. The molecule has 3 aromatic carbocycles. The fourth-order valence-corrected chi connectivity index (χ4v) is 8.64. The molecular formula is C43H50ClN7O3S. The van der Waals surface area contributed by atoms with E-state index >= 15 is 0 Å². The molecule has 12 heteroatoms. The molecule has 0 unspecified atom stereocenters. The van der Waals surface area contributed by atoms with E-state index in [0.717, 1.165) is 49.6 Å². The molecule has 2 aliphatic rings. The number of allylic oxidation sites excluding steroid dienone is 1. The van der Waals surface area contributed by atoms with E-state index in [-0.39, 0.29) is 24.3 Å². The second-order valence-corrected chi connectivity index (χ2v) is 15.5. The SMILES string of the molecule is CN1C(=O)[C@H](CCCCN)NC(=O)[C@H](CCCN)NCc2ccccc2Sc2c(Cl)cc(-c3ccncc3)cc2CNC(=O)[C@@H]1CC1=CCc2ccccc21. The van der Waals surface area contributed by atoms with Gasteiger partial charge in [0, 0.05) is 48.7 Å². The second-order valence-electron chi connectivity index (χ2n) is 14.1. The molecular weight excluding hydrogens is 730 g/mol. The molecule has 0 saturated carbocycles. The summed E-state index contributed by atoms with van der Waals surface area (Å²) < 4.78 is 0. The Kier molecular flexibility index (Phi) is 14.1. The molecule has 10 nitrogen and oxygen atoms in total. The Hall–Kier alpha value is -4.52. The van der Waals surface area contributed by atoms with Gasteiger partial charge in [-0.1, -0.05) is 71.9 Å². The van der Waals surface area contributed by atoms with E-state index in [0.29, 0.717) is 63.2 Å². The first kappa shape index (κ1) is 40.2. The first-order valence-electron chi connectivity index (χ1n) is 19.0. The van der Waals surface area contributed by atoms with Gasteiger partial charge >= 0.3 is 0 Å². The van der Waals surface area contributed by atoms with E-state index in [1.54, 1.807) is 19.4 Å². The van der Waals surface area contributed by atoms with E-state index in [1.807, 2.05) is 54.6 Å². The van der Waals surface area contributed by atoms with Gasteiger partial charge < -0.3 is 32.3 Å². The fourth-order valence-electron chi connectivity index (χ4n) is 7.23. The zero-order valence-corrected chi connectivity index (χ0v) is 32.8. The second kappa shape index (κ2) is 19.4. The van der Waals surface area contributed by atoms with E-state index in [2.05, 4.69) is 45.2 Å². The Morgan fingerprint density at radius 3 is 2.33 bits per heavy atom. The van der Waals surface area contributed by atoms with Gasteiger partial charge in [0.25, 0.3) is 0 Å². The number of hydrogen-bond donors (Lipinski definition) is 5. The number of nitrogens with zero attached hydrogens (tertiary/aromatic N) is 2. The summed E-state index contributed by atoms with van der Waals surface area (Å²) in [4.78, 5) is 50.6. The molecule has 1 aliphatic carbocycles. The number of halogens is 1. The zero-order valence-electron chi connectivity index (χ0n) is 31.2. The van der Waals surface area contributed by atoms with Gasteiger partial charge in [0.1, 0.15) is 12.1 Å². The number of unbranched alkanes of at least 4 members (excludes halogenated alkanes) is 1. The topological polar surface area (TPSA) is 155 Å². The molecule has 6 rings (SSSR count). The summed E-state index contributed by atoms with van der Waals surface area (Å²) in [5, 5.41) is 10.3. The van der Waals surface area contributed by atoms with Crippen LogP contribution in [0.2, 0.25) is 5.02 Å². The van der Waals surface area contributed by atoms with Crippen molar-refractivity contribution in [3.63, 3.8) is 0 Å². The first-order chi connectivity index (χ1) is 26.8. The maximum atomic E-state index is 14.6. The predicted octanol–water partition coefficient (Wildman–Crippen LogP) is 5.85. The predicted molar refractivity (Wildman–Crippen MR) is 220 cm³/mol. The van der Waals surface area contributed by atoms with Gasteiger partial charge in [0.15, 0.2) is 0 Å². The highest BCUT2D eigenvalue weighted by molar-refractivity contribution is 7.99. The number of nitrogens with two attached hydrogens (primary N) is 2. The summed E-state index contributed by atoms with van der Waals surface area (Å²) in [5.41, 5.74) is 18.7. The van der Waals surface area contributed by atoms with Gasteiger partial charge in [0.05, 0.1) is 11.1 Å². The number of pyridine rings is 1. The van der Waals surface area contributed by atoms with Crippen molar-refractivity contribution in [2.75, 3.05) is 20.1 Å². The normalized spacial score (nSPS) is 19.4. The number of aromatic nitrogens is 1. The molecule has 0 fully saturated rings. The largest absolute Gasteiger partial charge is 0.350 e. The highest BCUT2D eigenvalue weighted by Crippen LogP contribution is 2.40. The molecule has 288 valence electrons. The Morgan fingerprint density at radius 2 is 1.55 bits per heavy atom. The van der Waals surface area contributed by atoms with Crippen molar-refractivity contribution >= 4 is 46.7 Å². The smallest absolute Gasteiger partial charge is 0.245 e. The summed E-state index contributed by atoms with van der Waals surface area (Å²) in [6.45, 7) is 1.46. The van der Waals surface area contributed by atoms with Crippen LogP contribution in [0.5, 0.6) is 0 Å². The minimum absolute atomic E-state index is 0.173. The van der Waals surface area contributed by atoms with E-state index < -0.39 is 18.1 Å². The van der Waals surface area contributed by atoms with Crippen LogP contribution in [-0.2, 0) is 33.9 Å².